The molecule has 2 N–H and O–H groups in total. The number of aromatic amines is 1. The van der Waals surface area contributed by atoms with Crippen LogP contribution >= 0.6 is 0 Å². The van der Waals surface area contributed by atoms with Gasteiger partial charge in [-0.25, -0.2) is 10.1 Å². The maximum Gasteiger partial charge on any atom is 0.423 e. The summed E-state index contributed by atoms with van der Waals surface area (Å²) in [7, 11) is 0. The molecule has 5 rings (SSSR count). The molecule has 1 unspecified atom stereocenters. The molecular weight excluding hydrogens is 604 g/mol. The molecule has 3 atom stereocenters. The first-order valence-corrected chi connectivity index (χ1v) is 13.8. The van der Waals surface area contributed by atoms with Crippen LogP contribution in [0, 0.1) is 0 Å². The van der Waals surface area contributed by atoms with Crippen LogP contribution in [-0.4, -0.2) is 96.1 Å². The van der Waals surface area contributed by atoms with E-state index in [4.69, 9.17) is 9.47 Å². The first kappa shape index (κ1) is 31.5. The molecule has 18 heteroatoms. The Morgan fingerprint density at radius 2 is 1.93 bits per heavy atom. The van der Waals surface area contributed by atoms with Gasteiger partial charge >= 0.3 is 12.4 Å². The lowest BCUT2D eigenvalue weighted by atomic mass is 10.0. The molecular formula is C26H29F6N7O5. The molecule has 44 heavy (non-hydrogen) atoms. The largest absolute Gasteiger partial charge is 0.423 e. The molecule has 12 nitrogen and oxygen atoms in total. The zero-order valence-electron chi connectivity index (χ0n) is 23.4. The number of piperazine rings is 1. The zero-order chi connectivity index (χ0) is 31.8. The van der Waals surface area contributed by atoms with Gasteiger partial charge in [0.1, 0.15) is 11.6 Å². The summed E-state index contributed by atoms with van der Waals surface area (Å²) in [4.78, 5) is 46.6. The number of nitrogens with one attached hydrogen (secondary N) is 2. The Labute approximate surface area is 246 Å². The topological polar surface area (TPSA) is 133 Å². The van der Waals surface area contributed by atoms with Crippen molar-refractivity contribution in [3.8, 4) is 0 Å². The molecule has 240 valence electrons. The fraction of sp³-hybridized carbons (Fsp3) is 0.577. The minimum atomic E-state index is -4.90. The summed E-state index contributed by atoms with van der Waals surface area (Å²) in [5, 5.41) is 7.68. The number of ether oxygens (including phenoxy) is 2. The molecule has 0 aliphatic carbocycles. The number of halogens is 6. The Bertz CT molecular complexity index is 1450. The summed E-state index contributed by atoms with van der Waals surface area (Å²) >= 11 is 0. The van der Waals surface area contributed by atoms with Gasteiger partial charge in [0.15, 0.2) is 5.82 Å². The van der Waals surface area contributed by atoms with Crippen LogP contribution in [0.2, 0.25) is 0 Å². The van der Waals surface area contributed by atoms with Crippen LogP contribution in [0.4, 0.5) is 43.5 Å². The molecule has 0 bridgehead atoms. The van der Waals surface area contributed by atoms with Gasteiger partial charge < -0.3 is 29.5 Å². The second-order valence-corrected chi connectivity index (χ2v) is 10.7. The van der Waals surface area contributed by atoms with Gasteiger partial charge in [-0.05, 0) is 19.4 Å². The summed E-state index contributed by atoms with van der Waals surface area (Å²) < 4.78 is 91.0. The fourth-order valence-corrected chi connectivity index (χ4v) is 5.29. The third kappa shape index (κ3) is 6.59. The van der Waals surface area contributed by atoms with Crippen LogP contribution in [-0.2, 0) is 31.4 Å². The molecule has 5 heterocycles. The number of carbonyl (C=O) groups is 2. The summed E-state index contributed by atoms with van der Waals surface area (Å²) in [6.45, 7) is 2.25. The summed E-state index contributed by atoms with van der Waals surface area (Å²) in [5.41, 5.74) is -4.24. The van der Waals surface area contributed by atoms with Crippen molar-refractivity contribution < 1.29 is 45.4 Å². The average molecular weight is 634 g/mol. The van der Waals surface area contributed by atoms with Crippen molar-refractivity contribution in [3.05, 3.63) is 39.9 Å². The predicted octanol–water partition coefficient (Wildman–Crippen LogP) is 2.26. The van der Waals surface area contributed by atoms with Crippen LogP contribution in [0.5, 0.6) is 0 Å². The fourth-order valence-electron chi connectivity index (χ4n) is 5.29. The molecule has 3 aliphatic rings. The minimum absolute atomic E-state index is 0.0183. The van der Waals surface area contributed by atoms with Crippen LogP contribution in [0.1, 0.15) is 30.9 Å². The molecule has 2 saturated heterocycles. The highest BCUT2D eigenvalue weighted by Gasteiger charge is 2.45. The van der Waals surface area contributed by atoms with E-state index in [0.29, 0.717) is 13.0 Å². The summed E-state index contributed by atoms with van der Waals surface area (Å²) in [6, 6.07) is -0.620. The maximum absolute atomic E-state index is 13.6. The Kier molecular flexibility index (Phi) is 8.75. The molecule has 0 aromatic carbocycles. The number of nitrogens with zero attached hydrogens (tertiary/aromatic N) is 5. The van der Waals surface area contributed by atoms with Gasteiger partial charge in [0.25, 0.3) is 11.5 Å². The number of aromatic nitrogens is 3. The van der Waals surface area contributed by atoms with Gasteiger partial charge in [-0.1, -0.05) is 0 Å². The smallest absolute Gasteiger partial charge is 0.379 e. The lowest BCUT2D eigenvalue weighted by Crippen LogP contribution is -2.64. The Morgan fingerprint density at radius 1 is 1.18 bits per heavy atom. The molecule has 3 aliphatic heterocycles. The molecule has 0 spiro atoms. The molecule has 0 radical (unpaired) electrons. The summed E-state index contributed by atoms with van der Waals surface area (Å²) in [6.07, 6.45) is -7.72. The lowest BCUT2D eigenvalue weighted by Gasteiger charge is -2.48. The van der Waals surface area contributed by atoms with Crippen molar-refractivity contribution in [2.45, 2.75) is 50.3 Å². The van der Waals surface area contributed by atoms with Crippen molar-refractivity contribution in [1.82, 2.24) is 20.1 Å². The number of pyridine rings is 1. The van der Waals surface area contributed by atoms with Crippen LogP contribution in [0.15, 0.2) is 23.3 Å². The third-order valence-electron chi connectivity index (χ3n) is 7.57. The van der Waals surface area contributed by atoms with Crippen molar-refractivity contribution in [2.24, 2.45) is 0 Å². The highest BCUT2D eigenvalue weighted by atomic mass is 19.4. The van der Waals surface area contributed by atoms with Gasteiger partial charge in [-0.3, -0.25) is 14.4 Å². The molecule has 2 aromatic rings. The van der Waals surface area contributed by atoms with Crippen molar-refractivity contribution in [1.29, 1.82) is 0 Å². The average Bonchev–Trinajstić information content (AvgIpc) is 2.92. The number of alkyl halides is 6. The van der Waals surface area contributed by atoms with Gasteiger partial charge in [0.05, 0.1) is 62.0 Å². The van der Waals surface area contributed by atoms with Crippen LogP contribution in [0.3, 0.4) is 0 Å². The second kappa shape index (κ2) is 12.2. The Morgan fingerprint density at radius 3 is 2.59 bits per heavy atom. The number of carbonyl (C=O) groups excluding carboxylic acids is 2. The van der Waals surface area contributed by atoms with Gasteiger partial charge in [0.2, 0.25) is 5.91 Å². The standard InChI is InChI=1S/C26H29F6N7O5/c1-14(35-17-10-34-36-23(41)21(17)26(30,31)32)13-43-6-3-20(40)37-4-5-38-19(12-37)24(42)39(11-16-2-7-44-16)18-8-15(25(27,28)29)9-33-22(18)38/h8-10,14,16,19H,2-7,11-13H2,1H3,(H2,35,36,41)/t14-,16?,19-/m0/s1. The number of H-pyrrole nitrogens is 1. The first-order chi connectivity index (χ1) is 20.7. The molecule has 0 saturated carbocycles. The van der Waals surface area contributed by atoms with E-state index in [0.717, 1.165) is 18.5 Å². The van der Waals surface area contributed by atoms with Gasteiger partial charge in [0, 0.05) is 31.9 Å². The minimum Gasteiger partial charge on any atom is -0.379 e. The highest BCUT2D eigenvalue weighted by Crippen LogP contribution is 2.40. The zero-order valence-corrected chi connectivity index (χ0v) is 23.4. The van der Waals surface area contributed by atoms with Crippen molar-refractivity contribution in [2.75, 3.05) is 61.1 Å². The van der Waals surface area contributed by atoms with Crippen LogP contribution < -0.4 is 20.7 Å². The quantitative estimate of drug-likeness (QED) is 0.315. The predicted molar refractivity (Wildman–Crippen MR) is 142 cm³/mol. The number of anilines is 3. The van der Waals surface area contributed by atoms with E-state index in [-0.39, 0.29) is 69.3 Å². The normalized spacial score (nSPS) is 21.0. The van der Waals surface area contributed by atoms with E-state index >= 15 is 0 Å². The third-order valence-corrected chi connectivity index (χ3v) is 7.57. The van der Waals surface area contributed by atoms with E-state index in [1.54, 1.807) is 10.00 Å². The number of amides is 2. The number of hydrogen-bond donors (Lipinski definition) is 2. The van der Waals surface area contributed by atoms with E-state index in [2.05, 4.69) is 15.4 Å². The summed E-state index contributed by atoms with van der Waals surface area (Å²) in [5.74, 6) is -0.574. The van der Waals surface area contributed by atoms with E-state index in [1.807, 2.05) is 0 Å². The molecule has 2 aromatic heterocycles. The Hall–Kier alpha value is -3.93. The highest BCUT2D eigenvalue weighted by molar-refractivity contribution is 6.05. The van der Waals surface area contributed by atoms with Crippen LogP contribution in [0.25, 0.3) is 0 Å². The first-order valence-electron chi connectivity index (χ1n) is 13.8. The van der Waals surface area contributed by atoms with Crippen molar-refractivity contribution >= 4 is 29.0 Å². The number of hydrogen-bond acceptors (Lipinski definition) is 9. The van der Waals surface area contributed by atoms with E-state index in [9.17, 15) is 40.7 Å². The number of fused-ring (bicyclic) bond motifs is 3. The van der Waals surface area contributed by atoms with Gasteiger partial charge in [-0.15, -0.1) is 0 Å². The monoisotopic (exact) mass is 633 g/mol. The maximum atomic E-state index is 13.6. The van der Waals surface area contributed by atoms with Gasteiger partial charge in [-0.2, -0.15) is 31.4 Å². The van der Waals surface area contributed by atoms with Crippen molar-refractivity contribution in [3.63, 3.8) is 0 Å². The molecule has 2 fully saturated rings. The second-order valence-electron chi connectivity index (χ2n) is 10.7. The van der Waals surface area contributed by atoms with E-state index in [1.165, 1.54) is 16.7 Å². The Balaban J connectivity index is 1.18. The number of rotatable bonds is 9. The SMILES string of the molecule is C[C@@H](COCCC(=O)N1CCN2c3ncc(C(F)(F)F)cc3N(CC3CCO3)C(=O)[C@@H]2C1)Nc1cn[nH]c(=O)c1C(F)(F)F. The lowest BCUT2D eigenvalue weighted by molar-refractivity contribution is -0.138. The molecule has 2 amide bonds. The van der Waals surface area contributed by atoms with E-state index < -0.39 is 52.7 Å².